The predicted octanol–water partition coefficient (Wildman–Crippen LogP) is 2.74. The van der Waals surface area contributed by atoms with Crippen LogP contribution >= 0.6 is 15.9 Å². The molecule has 1 saturated heterocycles. The number of nitrogens with one attached hydrogen (secondary N) is 1. The number of halogens is 1. The topological polar surface area (TPSA) is 50.7 Å². The van der Waals surface area contributed by atoms with Crippen LogP contribution in [-0.4, -0.2) is 24.9 Å². The largest absolute Gasteiger partial charge is 0.506 e. The molecule has 4 nitrogen and oxygen atoms in total. The Morgan fingerprint density at radius 3 is 2.89 bits per heavy atom. The summed E-state index contributed by atoms with van der Waals surface area (Å²) in [7, 11) is 0. The van der Waals surface area contributed by atoms with Crippen molar-refractivity contribution in [3.63, 3.8) is 0 Å². The Morgan fingerprint density at radius 1 is 1.28 bits per heavy atom. The number of aromatic hydroxyl groups is 1. The molecule has 0 amide bonds. The van der Waals surface area contributed by atoms with Crippen molar-refractivity contribution in [3.05, 3.63) is 16.1 Å². The van der Waals surface area contributed by atoms with Crippen LogP contribution in [0.3, 0.4) is 0 Å². The zero-order valence-corrected chi connectivity index (χ0v) is 11.6. The number of hydrogen-bond acceptors (Lipinski definition) is 4. The molecule has 0 radical (unpaired) electrons. The maximum Gasteiger partial charge on any atom is 0.179 e. The Labute approximate surface area is 114 Å². The third-order valence-corrected chi connectivity index (χ3v) is 4.20. The van der Waals surface area contributed by atoms with Crippen LogP contribution in [0.1, 0.15) is 30.9 Å². The minimum absolute atomic E-state index is 0.200. The van der Waals surface area contributed by atoms with Gasteiger partial charge in [-0.15, -0.1) is 0 Å². The van der Waals surface area contributed by atoms with E-state index in [1.807, 2.05) is 6.07 Å². The Balaban J connectivity index is 2.01. The van der Waals surface area contributed by atoms with Crippen LogP contribution in [0.25, 0.3) is 0 Å². The number of phenols is 1. The van der Waals surface area contributed by atoms with Gasteiger partial charge in [-0.3, -0.25) is 0 Å². The maximum absolute atomic E-state index is 10.3. The van der Waals surface area contributed by atoms with Crippen molar-refractivity contribution in [2.24, 2.45) is 0 Å². The summed E-state index contributed by atoms with van der Waals surface area (Å²) < 4.78 is 11.7. The van der Waals surface area contributed by atoms with E-state index in [2.05, 4.69) is 21.2 Å². The van der Waals surface area contributed by atoms with Gasteiger partial charge >= 0.3 is 0 Å². The predicted molar refractivity (Wildman–Crippen MR) is 71.4 cm³/mol. The molecular weight excluding hydrogens is 298 g/mol. The summed E-state index contributed by atoms with van der Waals surface area (Å²) in [5, 5.41) is 13.7. The van der Waals surface area contributed by atoms with Crippen LogP contribution in [0.5, 0.6) is 17.2 Å². The molecular formula is C13H16BrNO3. The third kappa shape index (κ3) is 2.06. The minimum atomic E-state index is 0.200. The van der Waals surface area contributed by atoms with E-state index in [4.69, 9.17) is 9.47 Å². The molecule has 5 heteroatoms. The van der Waals surface area contributed by atoms with Crippen molar-refractivity contribution in [1.82, 2.24) is 5.32 Å². The molecule has 1 aromatic rings. The first-order chi connectivity index (χ1) is 8.77. The van der Waals surface area contributed by atoms with Crippen molar-refractivity contribution in [2.75, 3.05) is 19.8 Å². The van der Waals surface area contributed by atoms with E-state index in [-0.39, 0.29) is 11.8 Å². The highest BCUT2D eigenvalue weighted by atomic mass is 79.9. The summed E-state index contributed by atoms with van der Waals surface area (Å²) in [5.74, 6) is 1.59. The van der Waals surface area contributed by atoms with Crippen molar-refractivity contribution in [3.8, 4) is 17.2 Å². The molecule has 0 saturated carbocycles. The van der Waals surface area contributed by atoms with Crippen LogP contribution in [0.2, 0.25) is 0 Å². The summed E-state index contributed by atoms with van der Waals surface area (Å²) in [4.78, 5) is 0. The summed E-state index contributed by atoms with van der Waals surface area (Å²) >= 11 is 3.40. The Bertz CT molecular complexity index is 458. The van der Waals surface area contributed by atoms with Crippen molar-refractivity contribution in [1.29, 1.82) is 0 Å². The third-order valence-electron chi connectivity index (χ3n) is 3.46. The van der Waals surface area contributed by atoms with Gasteiger partial charge in [0, 0.05) is 11.6 Å². The smallest absolute Gasteiger partial charge is 0.179 e. The van der Waals surface area contributed by atoms with Gasteiger partial charge < -0.3 is 19.9 Å². The zero-order chi connectivity index (χ0) is 12.5. The molecule has 0 spiro atoms. The second kappa shape index (κ2) is 4.97. The van der Waals surface area contributed by atoms with Gasteiger partial charge in [-0.2, -0.15) is 0 Å². The minimum Gasteiger partial charge on any atom is -0.506 e. The van der Waals surface area contributed by atoms with Crippen molar-refractivity contribution in [2.45, 2.75) is 25.3 Å². The van der Waals surface area contributed by atoms with Crippen LogP contribution in [0, 0.1) is 0 Å². The average Bonchev–Trinajstić information content (AvgIpc) is 2.44. The lowest BCUT2D eigenvalue weighted by atomic mass is 9.96. The second-order valence-corrected chi connectivity index (χ2v) is 5.45. The molecule has 98 valence electrons. The van der Waals surface area contributed by atoms with Crippen LogP contribution in [0.15, 0.2) is 10.5 Å². The molecule has 1 fully saturated rings. The van der Waals surface area contributed by atoms with Gasteiger partial charge in [-0.1, -0.05) is 6.42 Å². The number of hydrogen-bond donors (Lipinski definition) is 2. The first-order valence-electron chi connectivity index (χ1n) is 6.31. The highest BCUT2D eigenvalue weighted by Gasteiger charge is 2.26. The number of rotatable bonds is 1. The van der Waals surface area contributed by atoms with Crippen LogP contribution < -0.4 is 14.8 Å². The van der Waals surface area contributed by atoms with Gasteiger partial charge in [0.15, 0.2) is 11.5 Å². The van der Waals surface area contributed by atoms with E-state index in [1.54, 1.807) is 0 Å². The monoisotopic (exact) mass is 313 g/mol. The Kier molecular flexibility index (Phi) is 3.35. The van der Waals surface area contributed by atoms with E-state index in [1.165, 1.54) is 12.8 Å². The molecule has 2 N–H and O–H groups in total. The fourth-order valence-corrected chi connectivity index (χ4v) is 3.08. The Morgan fingerprint density at radius 2 is 2.11 bits per heavy atom. The molecule has 2 heterocycles. The molecule has 0 bridgehead atoms. The van der Waals surface area contributed by atoms with Gasteiger partial charge in [0.2, 0.25) is 0 Å². The molecule has 0 aliphatic carbocycles. The first-order valence-corrected chi connectivity index (χ1v) is 7.11. The molecule has 2 aliphatic heterocycles. The SMILES string of the molecule is Oc1c(C2CCCCN2)cc2c(c1Br)OCCO2. The molecule has 18 heavy (non-hydrogen) atoms. The number of fused-ring (bicyclic) bond motifs is 1. The van der Waals surface area contributed by atoms with Gasteiger partial charge in [0.25, 0.3) is 0 Å². The summed E-state index contributed by atoms with van der Waals surface area (Å²) in [6, 6.07) is 2.10. The van der Waals surface area contributed by atoms with E-state index in [0.717, 1.165) is 18.5 Å². The highest BCUT2D eigenvalue weighted by molar-refractivity contribution is 9.10. The fraction of sp³-hybridized carbons (Fsp3) is 0.538. The van der Waals surface area contributed by atoms with Gasteiger partial charge in [0.1, 0.15) is 23.4 Å². The van der Waals surface area contributed by atoms with Gasteiger partial charge in [-0.25, -0.2) is 0 Å². The lowest BCUT2D eigenvalue weighted by molar-refractivity contribution is 0.169. The molecule has 2 aliphatic rings. The zero-order valence-electron chi connectivity index (χ0n) is 10.0. The average molecular weight is 314 g/mol. The van der Waals surface area contributed by atoms with E-state index in [9.17, 15) is 5.11 Å². The fourth-order valence-electron chi connectivity index (χ4n) is 2.54. The standard InChI is InChI=1S/C13H16BrNO3/c14-11-12(16)8(9-3-1-2-4-15-9)7-10-13(11)18-6-5-17-10/h7,9,15-16H,1-6H2. The number of phenolic OH excluding ortho intramolecular Hbond substituents is 1. The van der Waals surface area contributed by atoms with E-state index < -0.39 is 0 Å². The maximum atomic E-state index is 10.3. The number of piperidine rings is 1. The molecule has 1 aromatic carbocycles. The number of benzene rings is 1. The van der Waals surface area contributed by atoms with Crippen LogP contribution in [-0.2, 0) is 0 Å². The summed E-state index contributed by atoms with van der Waals surface area (Å²) in [5.41, 5.74) is 0.894. The first kappa shape index (κ1) is 12.1. The lowest BCUT2D eigenvalue weighted by Gasteiger charge is -2.27. The highest BCUT2D eigenvalue weighted by Crippen LogP contribution is 2.47. The van der Waals surface area contributed by atoms with Crippen molar-refractivity contribution >= 4 is 15.9 Å². The van der Waals surface area contributed by atoms with Crippen molar-refractivity contribution < 1.29 is 14.6 Å². The molecule has 0 aromatic heterocycles. The molecule has 1 atom stereocenters. The van der Waals surface area contributed by atoms with Gasteiger partial charge in [0.05, 0.1) is 0 Å². The van der Waals surface area contributed by atoms with Crippen LogP contribution in [0.4, 0.5) is 0 Å². The number of ether oxygens (including phenoxy) is 2. The summed E-state index contributed by atoms with van der Waals surface area (Å²) in [6.45, 7) is 2.07. The molecule has 3 rings (SSSR count). The quantitative estimate of drug-likeness (QED) is 0.837. The molecule has 1 unspecified atom stereocenters. The Hall–Kier alpha value is -0.940. The lowest BCUT2D eigenvalue weighted by Crippen LogP contribution is -2.27. The summed E-state index contributed by atoms with van der Waals surface area (Å²) in [6.07, 6.45) is 3.42. The van der Waals surface area contributed by atoms with E-state index in [0.29, 0.717) is 29.2 Å². The van der Waals surface area contributed by atoms with E-state index >= 15 is 0 Å². The normalized spacial score (nSPS) is 22.8. The van der Waals surface area contributed by atoms with Gasteiger partial charge in [-0.05, 0) is 41.4 Å². The second-order valence-electron chi connectivity index (χ2n) is 4.66.